The van der Waals surface area contributed by atoms with E-state index in [-0.39, 0.29) is 12.1 Å². The maximum atomic E-state index is 6.32. The van der Waals surface area contributed by atoms with Crippen molar-refractivity contribution in [3.8, 4) is 0 Å². The zero-order chi connectivity index (χ0) is 16.8. The fraction of sp³-hybridized carbons (Fsp3) is 0.632. The summed E-state index contributed by atoms with van der Waals surface area (Å²) in [6.45, 7) is 0. The Hall–Kier alpha value is -1.20. The van der Waals surface area contributed by atoms with Gasteiger partial charge in [-0.25, -0.2) is 4.99 Å². The zero-order valence-electron chi connectivity index (χ0n) is 14.6. The van der Waals surface area contributed by atoms with E-state index in [9.17, 15) is 0 Å². The van der Waals surface area contributed by atoms with Crippen molar-refractivity contribution in [3.63, 3.8) is 0 Å². The highest BCUT2D eigenvalue weighted by atomic mass is 32.2. The van der Waals surface area contributed by atoms with E-state index in [0.29, 0.717) is 6.04 Å². The zero-order valence-corrected chi connectivity index (χ0v) is 15.4. The van der Waals surface area contributed by atoms with Gasteiger partial charge in [0.2, 0.25) is 0 Å². The van der Waals surface area contributed by atoms with Crippen LogP contribution in [0.15, 0.2) is 34.2 Å². The standard InChI is InChI=1S/C19H30N4S/c1-24-18-13-7-6-12-17(18)23-19(21-14-8-2-3-9-14)22-16-11-5-4-10-15(16)20/h6-7,12-16H,2-5,8-11,20H2,1H3,(H2,21,22,23)/t15-,16-/m0/s1. The summed E-state index contributed by atoms with van der Waals surface area (Å²) < 4.78 is 0. The van der Waals surface area contributed by atoms with Gasteiger partial charge in [-0.3, -0.25) is 0 Å². The van der Waals surface area contributed by atoms with Crippen LogP contribution < -0.4 is 16.4 Å². The van der Waals surface area contributed by atoms with Crippen LogP contribution in [0.5, 0.6) is 0 Å². The Bertz CT molecular complexity index is 554. The van der Waals surface area contributed by atoms with Gasteiger partial charge in [-0.1, -0.05) is 37.8 Å². The van der Waals surface area contributed by atoms with Gasteiger partial charge in [-0.15, -0.1) is 11.8 Å². The second-order valence-corrected chi connectivity index (χ2v) is 7.79. The lowest BCUT2D eigenvalue weighted by Gasteiger charge is -2.27. The monoisotopic (exact) mass is 346 g/mol. The Morgan fingerprint density at radius 1 is 1.08 bits per heavy atom. The molecule has 0 unspecified atom stereocenters. The average Bonchev–Trinajstić information content (AvgIpc) is 3.10. The molecule has 0 aliphatic heterocycles. The summed E-state index contributed by atoms with van der Waals surface area (Å²) in [7, 11) is 0. The fourth-order valence-corrected chi connectivity index (χ4v) is 4.26. The van der Waals surface area contributed by atoms with Crippen LogP contribution in [0.25, 0.3) is 0 Å². The summed E-state index contributed by atoms with van der Waals surface area (Å²) in [5, 5.41) is 7.21. The first kappa shape index (κ1) is 17.6. The highest BCUT2D eigenvalue weighted by Crippen LogP contribution is 2.26. The highest BCUT2D eigenvalue weighted by molar-refractivity contribution is 7.98. The van der Waals surface area contributed by atoms with E-state index in [1.807, 2.05) is 0 Å². The Morgan fingerprint density at radius 3 is 2.54 bits per heavy atom. The molecule has 1 aromatic carbocycles. The van der Waals surface area contributed by atoms with Crippen molar-refractivity contribution in [2.75, 3.05) is 11.6 Å². The quantitative estimate of drug-likeness (QED) is 0.438. The molecule has 2 aliphatic carbocycles. The molecule has 24 heavy (non-hydrogen) atoms. The maximum Gasteiger partial charge on any atom is 0.196 e. The normalized spacial score (nSPS) is 25.7. The topological polar surface area (TPSA) is 62.4 Å². The molecule has 0 radical (unpaired) electrons. The first-order valence-electron chi connectivity index (χ1n) is 9.26. The van der Waals surface area contributed by atoms with Crippen LogP contribution in [0.4, 0.5) is 5.69 Å². The third-order valence-corrected chi connectivity index (χ3v) is 5.93. The summed E-state index contributed by atoms with van der Waals surface area (Å²) in [4.78, 5) is 6.25. The van der Waals surface area contributed by atoms with Gasteiger partial charge >= 0.3 is 0 Å². The number of guanidine groups is 1. The molecule has 2 aliphatic rings. The highest BCUT2D eigenvalue weighted by Gasteiger charge is 2.23. The first-order valence-corrected chi connectivity index (χ1v) is 10.5. The molecule has 0 spiro atoms. The number of nitrogens with two attached hydrogens (primary N) is 1. The number of benzene rings is 1. The first-order chi connectivity index (χ1) is 11.8. The van der Waals surface area contributed by atoms with Crippen LogP contribution in [-0.4, -0.2) is 30.3 Å². The molecule has 3 rings (SSSR count). The number of thioether (sulfide) groups is 1. The summed E-state index contributed by atoms with van der Waals surface area (Å²) in [5.74, 6) is 0.908. The number of aliphatic imine (C=N–C) groups is 1. The molecule has 5 heteroatoms. The second kappa shape index (κ2) is 8.77. The SMILES string of the molecule is CSc1ccccc1NC(=N[C@H]1CCCC[C@@H]1N)NC1CCCC1. The number of anilines is 1. The van der Waals surface area contributed by atoms with E-state index in [1.165, 1.54) is 43.4 Å². The van der Waals surface area contributed by atoms with Gasteiger partial charge in [-0.05, 0) is 44.1 Å². The van der Waals surface area contributed by atoms with E-state index in [2.05, 4.69) is 41.2 Å². The van der Waals surface area contributed by atoms with Crippen molar-refractivity contribution in [1.29, 1.82) is 0 Å². The minimum Gasteiger partial charge on any atom is -0.353 e. The van der Waals surface area contributed by atoms with Crippen LogP contribution in [0.3, 0.4) is 0 Å². The van der Waals surface area contributed by atoms with E-state index in [1.54, 1.807) is 11.8 Å². The summed E-state index contributed by atoms with van der Waals surface area (Å²) in [6.07, 6.45) is 11.9. The van der Waals surface area contributed by atoms with Crippen LogP contribution in [0.1, 0.15) is 51.4 Å². The number of para-hydroxylation sites is 1. The molecule has 0 aromatic heterocycles. The minimum absolute atomic E-state index is 0.191. The molecule has 0 amide bonds. The van der Waals surface area contributed by atoms with Crippen LogP contribution in [0.2, 0.25) is 0 Å². The number of hydrogen-bond donors (Lipinski definition) is 3. The summed E-state index contributed by atoms with van der Waals surface area (Å²) in [6, 6.07) is 9.38. The Balaban J connectivity index is 1.78. The predicted octanol–water partition coefficient (Wildman–Crippen LogP) is 3.98. The Morgan fingerprint density at radius 2 is 1.79 bits per heavy atom. The molecule has 132 valence electrons. The summed E-state index contributed by atoms with van der Waals surface area (Å²) in [5.41, 5.74) is 7.44. The largest absolute Gasteiger partial charge is 0.353 e. The van der Waals surface area contributed by atoms with Crippen molar-refractivity contribution in [3.05, 3.63) is 24.3 Å². The number of nitrogens with zero attached hydrogens (tertiary/aromatic N) is 1. The Labute approximate surface area is 150 Å². The minimum atomic E-state index is 0.191. The van der Waals surface area contributed by atoms with Crippen molar-refractivity contribution in [1.82, 2.24) is 5.32 Å². The van der Waals surface area contributed by atoms with E-state index < -0.39 is 0 Å². The van der Waals surface area contributed by atoms with E-state index in [4.69, 9.17) is 10.7 Å². The second-order valence-electron chi connectivity index (χ2n) is 6.94. The lowest BCUT2D eigenvalue weighted by molar-refractivity contribution is 0.385. The van der Waals surface area contributed by atoms with Crippen molar-refractivity contribution in [2.24, 2.45) is 10.7 Å². The van der Waals surface area contributed by atoms with Gasteiger partial charge in [-0.2, -0.15) is 0 Å². The number of rotatable bonds is 4. The number of hydrogen-bond acceptors (Lipinski definition) is 3. The lowest BCUT2D eigenvalue weighted by atomic mass is 9.91. The van der Waals surface area contributed by atoms with Crippen molar-refractivity contribution >= 4 is 23.4 Å². The molecule has 2 atom stereocenters. The van der Waals surface area contributed by atoms with Gasteiger partial charge < -0.3 is 16.4 Å². The van der Waals surface area contributed by atoms with Crippen LogP contribution >= 0.6 is 11.8 Å². The average molecular weight is 347 g/mol. The maximum absolute atomic E-state index is 6.32. The summed E-state index contributed by atoms with van der Waals surface area (Å²) >= 11 is 1.76. The van der Waals surface area contributed by atoms with Crippen LogP contribution in [-0.2, 0) is 0 Å². The molecule has 4 N–H and O–H groups in total. The predicted molar refractivity (Wildman–Crippen MR) is 105 cm³/mol. The Kier molecular flexibility index (Phi) is 6.44. The molecular formula is C19H30N4S. The molecule has 0 bridgehead atoms. The van der Waals surface area contributed by atoms with Crippen molar-refractivity contribution < 1.29 is 0 Å². The van der Waals surface area contributed by atoms with Gasteiger partial charge in [0.1, 0.15) is 0 Å². The van der Waals surface area contributed by atoms with Crippen molar-refractivity contribution in [2.45, 2.75) is 74.4 Å². The molecule has 0 heterocycles. The van der Waals surface area contributed by atoms with E-state index >= 15 is 0 Å². The van der Waals surface area contributed by atoms with Gasteiger partial charge in [0.25, 0.3) is 0 Å². The third kappa shape index (κ3) is 4.67. The lowest BCUT2D eigenvalue weighted by Crippen LogP contribution is -2.42. The van der Waals surface area contributed by atoms with Crippen LogP contribution in [0, 0.1) is 0 Å². The molecule has 4 nitrogen and oxygen atoms in total. The molecule has 1 aromatic rings. The smallest absolute Gasteiger partial charge is 0.196 e. The number of nitrogens with one attached hydrogen (secondary N) is 2. The third-order valence-electron chi connectivity index (χ3n) is 5.13. The molecule has 0 saturated heterocycles. The fourth-order valence-electron chi connectivity index (χ4n) is 3.71. The van der Waals surface area contributed by atoms with E-state index in [0.717, 1.165) is 24.5 Å². The molecule has 2 fully saturated rings. The molecule has 2 saturated carbocycles. The van der Waals surface area contributed by atoms with Gasteiger partial charge in [0.15, 0.2) is 5.96 Å². The molecular weight excluding hydrogens is 316 g/mol. The van der Waals surface area contributed by atoms with Gasteiger partial charge in [0, 0.05) is 17.0 Å². The van der Waals surface area contributed by atoms with Gasteiger partial charge in [0.05, 0.1) is 11.7 Å².